The molecule has 1 fully saturated rings. The van der Waals surface area contributed by atoms with Crippen LogP contribution in [-0.4, -0.2) is 29.7 Å². The van der Waals surface area contributed by atoms with Gasteiger partial charge in [-0.25, -0.2) is 4.98 Å². The highest BCUT2D eigenvalue weighted by Crippen LogP contribution is 2.24. The number of hydrogen-bond acceptors (Lipinski definition) is 6. The standard InChI is InChI=1S/C22H25N5O/c1-2-28-20-11-7-18(8-12-20)25-22-23-14-13-21(26-22)24-17-5-9-19(10-6-17)27-15-3-4-16-27/h5-14H,2-4,15-16H2,1H3,(H2,23,24,25,26). The van der Waals surface area contributed by atoms with Gasteiger partial charge in [-0.05, 0) is 74.4 Å². The highest BCUT2D eigenvalue weighted by molar-refractivity contribution is 5.62. The summed E-state index contributed by atoms with van der Waals surface area (Å²) in [5.74, 6) is 2.14. The Kier molecular flexibility index (Phi) is 5.56. The van der Waals surface area contributed by atoms with Crippen molar-refractivity contribution in [2.75, 3.05) is 35.2 Å². The summed E-state index contributed by atoms with van der Waals surface area (Å²) in [7, 11) is 0. The van der Waals surface area contributed by atoms with E-state index in [2.05, 4.69) is 49.8 Å². The molecule has 0 radical (unpaired) electrons. The Morgan fingerprint density at radius 1 is 0.893 bits per heavy atom. The fourth-order valence-corrected chi connectivity index (χ4v) is 3.30. The molecule has 0 unspecified atom stereocenters. The summed E-state index contributed by atoms with van der Waals surface area (Å²) in [6, 6.07) is 18.1. The van der Waals surface area contributed by atoms with Crippen LogP contribution in [0.1, 0.15) is 19.8 Å². The lowest BCUT2D eigenvalue weighted by Gasteiger charge is -2.18. The van der Waals surface area contributed by atoms with Crippen LogP contribution in [-0.2, 0) is 0 Å². The molecule has 1 aliphatic heterocycles. The van der Waals surface area contributed by atoms with E-state index in [4.69, 9.17) is 4.74 Å². The Hall–Kier alpha value is -3.28. The Morgan fingerprint density at radius 2 is 1.57 bits per heavy atom. The quantitative estimate of drug-likeness (QED) is 0.608. The van der Waals surface area contributed by atoms with Crippen molar-refractivity contribution >= 4 is 28.8 Å². The molecule has 0 spiro atoms. The molecule has 28 heavy (non-hydrogen) atoms. The lowest BCUT2D eigenvalue weighted by atomic mass is 10.2. The zero-order valence-corrected chi connectivity index (χ0v) is 16.1. The van der Waals surface area contributed by atoms with E-state index in [1.165, 1.54) is 18.5 Å². The minimum atomic E-state index is 0.544. The summed E-state index contributed by atoms with van der Waals surface area (Å²) in [5.41, 5.74) is 3.20. The second-order valence-corrected chi connectivity index (χ2v) is 6.71. The Labute approximate surface area is 165 Å². The molecule has 0 bridgehead atoms. The molecule has 6 nitrogen and oxygen atoms in total. The van der Waals surface area contributed by atoms with Gasteiger partial charge in [-0.2, -0.15) is 4.98 Å². The minimum absolute atomic E-state index is 0.544. The van der Waals surface area contributed by atoms with Crippen LogP contribution in [0.2, 0.25) is 0 Å². The molecule has 144 valence electrons. The predicted octanol–water partition coefficient (Wildman–Crippen LogP) is 4.96. The average molecular weight is 375 g/mol. The highest BCUT2D eigenvalue weighted by atomic mass is 16.5. The number of rotatable bonds is 7. The van der Waals surface area contributed by atoms with Gasteiger partial charge in [0.25, 0.3) is 0 Å². The van der Waals surface area contributed by atoms with Gasteiger partial charge in [-0.3, -0.25) is 0 Å². The molecule has 1 aromatic heterocycles. The van der Waals surface area contributed by atoms with Crippen molar-refractivity contribution in [3.63, 3.8) is 0 Å². The summed E-state index contributed by atoms with van der Waals surface area (Å²) in [4.78, 5) is 11.3. The molecule has 1 aliphatic rings. The van der Waals surface area contributed by atoms with Crippen LogP contribution in [0.15, 0.2) is 60.8 Å². The lowest BCUT2D eigenvalue weighted by Crippen LogP contribution is -2.17. The zero-order valence-electron chi connectivity index (χ0n) is 16.1. The highest BCUT2D eigenvalue weighted by Gasteiger charge is 2.11. The molecule has 0 saturated carbocycles. The van der Waals surface area contributed by atoms with E-state index in [0.29, 0.717) is 12.6 Å². The van der Waals surface area contributed by atoms with Gasteiger partial charge in [0, 0.05) is 36.3 Å². The molecule has 6 heteroatoms. The van der Waals surface area contributed by atoms with E-state index in [-0.39, 0.29) is 0 Å². The molecule has 2 heterocycles. The normalized spacial score (nSPS) is 13.4. The SMILES string of the molecule is CCOc1ccc(Nc2nccc(Nc3ccc(N4CCCC4)cc3)n2)cc1. The largest absolute Gasteiger partial charge is 0.494 e. The Morgan fingerprint density at radius 3 is 2.29 bits per heavy atom. The molecule has 1 saturated heterocycles. The van der Waals surface area contributed by atoms with Crippen molar-refractivity contribution < 1.29 is 4.74 Å². The van der Waals surface area contributed by atoms with Crippen LogP contribution < -0.4 is 20.3 Å². The third kappa shape index (κ3) is 4.52. The lowest BCUT2D eigenvalue weighted by molar-refractivity contribution is 0.340. The maximum absolute atomic E-state index is 5.47. The summed E-state index contributed by atoms with van der Waals surface area (Å²) < 4.78 is 5.47. The number of aromatic nitrogens is 2. The van der Waals surface area contributed by atoms with Crippen LogP contribution in [0.5, 0.6) is 5.75 Å². The summed E-state index contributed by atoms with van der Waals surface area (Å²) in [6.07, 6.45) is 4.31. The van der Waals surface area contributed by atoms with E-state index in [9.17, 15) is 0 Å². The van der Waals surface area contributed by atoms with E-state index < -0.39 is 0 Å². The fourth-order valence-electron chi connectivity index (χ4n) is 3.30. The van der Waals surface area contributed by atoms with Gasteiger partial charge in [0.2, 0.25) is 5.95 Å². The maximum Gasteiger partial charge on any atom is 0.229 e. The molecule has 0 aliphatic carbocycles. The van der Waals surface area contributed by atoms with Gasteiger partial charge >= 0.3 is 0 Å². The predicted molar refractivity (Wildman–Crippen MR) is 114 cm³/mol. The van der Waals surface area contributed by atoms with E-state index >= 15 is 0 Å². The third-order valence-corrected chi connectivity index (χ3v) is 4.69. The zero-order chi connectivity index (χ0) is 19.2. The summed E-state index contributed by atoms with van der Waals surface area (Å²) >= 11 is 0. The first-order chi connectivity index (χ1) is 13.8. The molecule has 0 atom stereocenters. The van der Waals surface area contributed by atoms with Gasteiger partial charge in [-0.15, -0.1) is 0 Å². The topological polar surface area (TPSA) is 62.3 Å². The molecule has 3 aromatic rings. The monoisotopic (exact) mass is 375 g/mol. The van der Waals surface area contributed by atoms with Gasteiger partial charge < -0.3 is 20.3 Å². The number of nitrogens with zero attached hydrogens (tertiary/aromatic N) is 3. The minimum Gasteiger partial charge on any atom is -0.494 e. The number of hydrogen-bond donors (Lipinski definition) is 2. The average Bonchev–Trinajstić information content (AvgIpc) is 3.26. The first-order valence-electron chi connectivity index (χ1n) is 9.75. The van der Waals surface area contributed by atoms with Gasteiger partial charge in [0.05, 0.1) is 6.61 Å². The summed E-state index contributed by atoms with van der Waals surface area (Å²) in [5, 5.41) is 6.57. The van der Waals surface area contributed by atoms with Crippen LogP contribution in [0.3, 0.4) is 0 Å². The first kappa shape index (κ1) is 18.1. The second-order valence-electron chi connectivity index (χ2n) is 6.71. The van der Waals surface area contributed by atoms with Crippen LogP contribution >= 0.6 is 0 Å². The van der Waals surface area contributed by atoms with Crippen LogP contribution in [0.4, 0.5) is 28.8 Å². The summed E-state index contributed by atoms with van der Waals surface area (Å²) in [6.45, 7) is 4.93. The van der Waals surface area contributed by atoms with Crippen LogP contribution in [0, 0.1) is 0 Å². The van der Waals surface area contributed by atoms with Crippen molar-refractivity contribution in [1.82, 2.24) is 9.97 Å². The maximum atomic E-state index is 5.47. The van der Waals surface area contributed by atoms with Gasteiger partial charge in [-0.1, -0.05) is 0 Å². The molecule has 2 N–H and O–H groups in total. The molecule has 0 amide bonds. The first-order valence-corrected chi connectivity index (χ1v) is 9.75. The number of anilines is 5. The molecular weight excluding hydrogens is 350 g/mol. The van der Waals surface area contributed by atoms with Gasteiger partial charge in [0.15, 0.2) is 0 Å². The second kappa shape index (κ2) is 8.61. The number of benzene rings is 2. The fraction of sp³-hybridized carbons (Fsp3) is 0.273. The Balaban J connectivity index is 1.40. The number of ether oxygens (including phenoxy) is 1. The third-order valence-electron chi connectivity index (χ3n) is 4.69. The van der Waals surface area contributed by atoms with Crippen molar-refractivity contribution in [2.45, 2.75) is 19.8 Å². The van der Waals surface area contributed by atoms with Crippen molar-refractivity contribution in [1.29, 1.82) is 0 Å². The van der Waals surface area contributed by atoms with Crippen molar-refractivity contribution in [3.8, 4) is 5.75 Å². The van der Waals surface area contributed by atoms with E-state index in [0.717, 1.165) is 36.0 Å². The van der Waals surface area contributed by atoms with Crippen LogP contribution in [0.25, 0.3) is 0 Å². The van der Waals surface area contributed by atoms with Crippen molar-refractivity contribution in [3.05, 3.63) is 60.8 Å². The number of nitrogens with one attached hydrogen (secondary N) is 2. The molecular formula is C22H25N5O. The van der Waals surface area contributed by atoms with Gasteiger partial charge in [0.1, 0.15) is 11.6 Å². The molecule has 2 aromatic carbocycles. The Bertz CT molecular complexity index is 890. The van der Waals surface area contributed by atoms with E-state index in [1.807, 2.05) is 37.3 Å². The molecule has 4 rings (SSSR count). The van der Waals surface area contributed by atoms with Crippen molar-refractivity contribution in [2.24, 2.45) is 0 Å². The van der Waals surface area contributed by atoms with E-state index in [1.54, 1.807) is 6.20 Å². The smallest absolute Gasteiger partial charge is 0.229 e.